The van der Waals surface area contributed by atoms with Crippen molar-refractivity contribution in [3.05, 3.63) is 82.9 Å². The molecule has 3 heterocycles. The van der Waals surface area contributed by atoms with E-state index >= 15 is 0 Å². The quantitative estimate of drug-likeness (QED) is 0.595. The summed E-state index contributed by atoms with van der Waals surface area (Å²) in [6.07, 6.45) is 3.71. The maximum absolute atomic E-state index is 12.8. The standard InChI is InChI=1S/C21H20N4O2/c1-15(16-7-3-2-4-8-16)23-19(26)11-14-25-20-17(9-5-12-22-20)24-13-6-10-18(24)21(25)27/h2-10,12-13,15H,11,14H2,1H3,(H,23,26)/t15-/m0/s1. The number of aryl methyl sites for hydroxylation is 1. The van der Waals surface area contributed by atoms with E-state index in [-0.39, 0.29) is 30.5 Å². The predicted octanol–water partition coefficient (Wildman–Crippen LogP) is 2.92. The molecule has 0 saturated heterocycles. The number of nitrogens with zero attached hydrogens (tertiary/aromatic N) is 3. The van der Waals surface area contributed by atoms with Gasteiger partial charge in [-0.1, -0.05) is 30.3 Å². The molecule has 6 heteroatoms. The van der Waals surface area contributed by atoms with Gasteiger partial charge in [0.05, 0.1) is 11.6 Å². The lowest BCUT2D eigenvalue weighted by Gasteiger charge is -2.15. The second kappa shape index (κ2) is 7.07. The number of carbonyl (C=O) groups is 1. The molecule has 1 N–H and O–H groups in total. The van der Waals surface area contributed by atoms with Gasteiger partial charge in [-0.15, -0.1) is 0 Å². The number of carbonyl (C=O) groups excluding carboxylic acids is 1. The summed E-state index contributed by atoms with van der Waals surface area (Å²) in [6, 6.07) is 17.1. The Kier molecular flexibility index (Phi) is 4.46. The highest BCUT2D eigenvalue weighted by molar-refractivity contribution is 5.78. The monoisotopic (exact) mass is 360 g/mol. The number of hydrogen-bond acceptors (Lipinski definition) is 3. The zero-order chi connectivity index (χ0) is 18.8. The van der Waals surface area contributed by atoms with Crippen molar-refractivity contribution < 1.29 is 4.79 Å². The van der Waals surface area contributed by atoms with Crippen molar-refractivity contribution in [1.29, 1.82) is 0 Å². The van der Waals surface area contributed by atoms with Gasteiger partial charge in [-0.3, -0.25) is 14.2 Å². The van der Waals surface area contributed by atoms with Crippen LogP contribution in [0.5, 0.6) is 0 Å². The molecule has 1 atom stereocenters. The molecule has 6 nitrogen and oxygen atoms in total. The van der Waals surface area contributed by atoms with E-state index in [4.69, 9.17) is 0 Å². The highest BCUT2D eigenvalue weighted by atomic mass is 16.2. The van der Waals surface area contributed by atoms with Crippen LogP contribution in [0.4, 0.5) is 0 Å². The molecule has 0 fully saturated rings. The van der Waals surface area contributed by atoms with Crippen molar-refractivity contribution in [2.24, 2.45) is 0 Å². The number of aromatic nitrogens is 3. The lowest BCUT2D eigenvalue weighted by Crippen LogP contribution is -2.30. The molecule has 0 aliphatic carbocycles. The molecule has 0 saturated carbocycles. The van der Waals surface area contributed by atoms with Crippen LogP contribution in [0.3, 0.4) is 0 Å². The van der Waals surface area contributed by atoms with Gasteiger partial charge in [0.1, 0.15) is 5.52 Å². The van der Waals surface area contributed by atoms with E-state index in [0.29, 0.717) is 11.2 Å². The van der Waals surface area contributed by atoms with E-state index in [1.54, 1.807) is 16.8 Å². The number of rotatable bonds is 5. The first kappa shape index (κ1) is 17.0. The lowest BCUT2D eigenvalue weighted by molar-refractivity contribution is -0.121. The second-order valence-electron chi connectivity index (χ2n) is 6.52. The molecule has 0 radical (unpaired) electrons. The van der Waals surface area contributed by atoms with Crippen LogP contribution in [0.1, 0.15) is 24.9 Å². The summed E-state index contributed by atoms with van der Waals surface area (Å²) >= 11 is 0. The fourth-order valence-electron chi connectivity index (χ4n) is 3.34. The van der Waals surface area contributed by atoms with E-state index in [0.717, 1.165) is 11.1 Å². The van der Waals surface area contributed by atoms with Crippen molar-refractivity contribution in [1.82, 2.24) is 19.3 Å². The molecule has 0 aliphatic rings. The van der Waals surface area contributed by atoms with Crippen LogP contribution in [0, 0.1) is 0 Å². The highest BCUT2D eigenvalue weighted by Crippen LogP contribution is 2.14. The smallest absolute Gasteiger partial charge is 0.276 e. The number of amides is 1. The van der Waals surface area contributed by atoms with Gasteiger partial charge in [-0.05, 0) is 36.8 Å². The van der Waals surface area contributed by atoms with E-state index in [9.17, 15) is 9.59 Å². The summed E-state index contributed by atoms with van der Waals surface area (Å²) in [6.45, 7) is 2.23. The summed E-state index contributed by atoms with van der Waals surface area (Å²) in [4.78, 5) is 29.6. The van der Waals surface area contributed by atoms with Crippen molar-refractivity contribution in [3.63, 3.8) is 0 Å². The van der Waals surface area contributed by atoms with Crippen molar-refractivity contribution in [2.45, 2.75) is 25.9 Å². The van der Waals surface area contributed by atoms with Gasteiger partial charge >= 0.3 is 0 Å². The lowest BCUT2D eigenvalue weighted by atomic mass is 10.1. The molecular weight excluding hydrogens is 340 g/mol. The normalized spacial score (nSPS) is 12.3. The molecule has 4 rings (SSSR count). The Morgan fingerprint density at radius 1 is 1.07 bits per heavy atom. The number of nitrogens with one attached hydrogen (secondary N) is 1. The number of benzene rings is 1. The zero-order valence-electron chi connectivity index (χ0n) is 15.0. The Bertz CT molecular complexity index is 1160. The molecule has 0 aliphatic heterocycles. The third kappa shape index (κ3) is 3.21. The molecule has 1 amide bonds. The largest absolute Gasteiger partial charge is 0.350 e. The van der Waals surface area contributed by atoms with Crippen LogP contribution >= 0.6 is 0 Å². The Balaban J connectivity index is 1.57. The van der Waals surface area contributed by atoms with Crippen LogP contribution in [-0.2, 0) is 11.3 Å². The minimum Gasteiger partial charge on any atom is -0.350 e. The topological polar surface area (TPSA) is 68.4 Å². The highest BCUT2D eigenvalue weighted by Gasteiger charge is 2.14. The first-order valence-electron chi connectivity index (χ1n) is 8.94. The predicted molar refractivity (Wildman–Crippen MR) is 105 cm³/mol. The third-order valence-electron chi connectivity index (χ3n) is 4.73. The van der Waals surface area contributed by atoms with Crippen LogP contribution in [0.15, 0.2) is 71.8 Å². The molecule has 136 valence electrons. The van der Waals surface area contributed by atoms with E-state index < -0.39 is 0 Å². The Hall–Kier alpha value is -3.41. The summed E-state index contributed by atoms with van der Waals surface area (Å²) in [5, 5.41) is 2.99. The molecule has 27 heavy (non-hydrogen) atoms. The Morgan fingerprint density at radius 2 is 1.85 bits per heavy atom. The van der Waals surface area contributed by atoms with E-state index in [2.05, 4.69) is 10.3 Å². The van der Waals surface area contributed by atoms with Crippen molar-refractivity contribution in [2.75, 3.05) is 0 Å². The summed E-state index contributed by atoms with van der Waals surface area (Å²) in [7, 11) is 0. The van der Waals surface area contributed by atoms with Crippen LogP contribution in [-0.4, -0.2) is 19.9 Å². The van der Waals surface area contributed by atoms with Gasteiger partial charge in [-0.2, -0.15) is 0 Å². The zero-order valence-corrected chi connectivity index (χ0v) is 15.0. The van der Waals surface area contributed by atoms with Gasteiger partial charge in [0.15, 0.2) is 5.65 Å². The van der Waals surface area contributed by atoms with E-state index in [1.165, 1.54) is 0 Å². The van der Waals surface area contributed by atoms with E-state index in [1.807, 2.05) is 66.1 Å². The summed E-state index contributed by atoms with van der Waals surface area (Å²) in [5.74, 6) is -0.0995. The number of fused-ring (bicyclic) bond motifs is 3. The van der Waals surface area contributed by atoms with Crippen molar-refractivity contribution >= 4 is 22.6 Å². The van der Waals surface area contributed by atoms with Crippen LogP contribution in [0.2, 0.25) is 0 Å². The molecule has 0 bridgehead atoms. The molecule has 3 aromatic heterocycles. The van der Waals surface area contributed by atoms with Gasteiger partial charge in [-0.25, -0.2) is 4.98 Å². The van der Waals surface area contributed by atoms with Crippen LogP contribution in [0.25, 0.3) is 16.7 Å². The minimum absolute atomic E-state index is 0.0848. The number of pyridine rings is 1. The minimum atomic E-state index is -0.143. The third-order valence-corrected chi connectivity index (χ3v) is 4.73. The average molecular weight is 360 g/mol. The first-order chi connectivity index (χ1) is 13.1. The number of hydrogen-bond donors (Lipinski definition) is 1. The molecular formula is C21H20N4O2. The SMILES string of the molecule is C[C@H](NC(=O)CCn1c(=O)c2cccn2c2cccnc21)c1ccccc1. The Morgan fingerprint density at radius 3 is 2.67 bits per heavy atom. The van der Waals surface area contributed by atoms with Gasteiger partial charge in [0.25, 0.3) is 5.56 Å². The summed E-state index contributed by atoms with van der Waals surface area (Å²) < 4.78 is 3.41. The average Bonchev–Trinajstić information content (AvgIpc) is 3.19. The van der Waals surface area contributed by atoms with Crippen molar-refractivity contribution in [3.8, 4) is 0 Å². The van der Waals surface area contributed by atoms with Gasteiger partial charge in [0, 0.05) is 25.4 Å². The molecule has 4 aromatic rings. The molecule has 0 spiro atoms. The fourth-order valence-corrected chi connectivity index (χ4v) is 3.34. The second-order valence-corrected chi connectivity index (χ2v) is 6.52. The van der Waals surface area contributed by atoms with Crippen LogP contribution < -0.4 is 10.9 Å². The fraction of sp³-hybridized carbons (Fsp3) is 0.190. The maximum Gasteiger partial charge on any atom is 0.276 e. The molecule has 1 aromatic carbocycles. The first-order valence-corrected chi connectivity index (χ1v) is 8.94. The van der Waals surface area contributed by atoms with Gasteiger partial charge in [0.2, 0.25) is 5.91 Å². The summed E-state index contributed by atoms with van der Waals surface area (Å²) in [5.41, 5.74) is 2.90. The molecule has 0 unspecified atom stereocenters. The van der Waals surface area contributed by atoms with Gasteiger partial charge < -0.3 is 9.72 Å². The Labute approximate surface area is 156 Å². The maximum atomic E-state index is 12.8.